The van der Waals surface area contributed by atoms with Gasteiger partial charge in [-0.05, 0) is 41.8 Å². The predicted molar refractivity (Wildman–Crippen MR) is 141 cm³/mol. The van der Waals surface area contributed by atoms with Crippen LogP contribution in [0, 0.1) is 0 Å². The summed E-state index contributed by atoms with van der Waals surface area (Å²) in [6, 6.07) is 13.7. The zero-order chi connectivity index (χ0) is 27.4. The van der Waals surface area contributed by atoms with E-state index >= 15 is 0 Å². The highest BCUT2D eigenvalue weighted by Crippen LogP contribution is 2.44. The molecule has 2 amide bonds. The fourth-order valence-electron chi connectivity index (χ4n) is 5.15. The number of thiophene rings is 1. The van der Waals surface area contributed by atoms with Gasteiger partial charge < -0.3 is 9.84 Å². The van der Waals surface area contributed by atoms with Crippen LogP contribution in [0.15, 0.2) is 58.1 Å². The highest BCUT2D eigenvalue weighted by Gasteiger charge is 2.41. The molecule has 198 valence electrons. The molecule has 39 heavy (non-hydrogen) atoms. The van der Waals surface area contributed by atoms with Gasteiger partial charge in [-0.1, -0.05) is 24.3 Å². The van der Waals surface area contributed by atoms with Gasteiger partial charge in [0.05, 0.1) is 29.8 Å². The van der Waals surface area contributed by atoms with Crippen LogP contribution >= 0.6 is 11.3 Å². The first-order valence-corrected chi connectivity index (χ1v) is 13.0. The summed E-state index contributed by atoms with van der Waals surface area (Å²) in [5, 5.41) is 10.2. The Balaban J connectivity index is 1.40. The van der Waals surface area contributed by atoms with Crippen molar-refractivity contribution >= 4 is 34.1 Å². The summed E-state index contributed by atoms with van der Waals surface area (Å²) in [6.45, 7) is 0.949. The van der Waals surface area contributed by atoms with E-state index in [0.29, 0.717) is 46.8 Å². The SMILES string of the molecule is COc1ccc(CN2CCc3c(sc(Nn4c(=O)c4=O)c3C(=O)O)C2CN2C(=O)c3ccccc3C2=O)cc1. The Morgan fingerprint density at radius 3 is 2.23 bits per heavy atom. The first kappa shape index (κ1) is 24.8. The van der Waals surface area contributed by atoms with Crippen LogP contribution in [0.25, 0.3) is 0 Å². The Labute approximate surface area is 225 Å². The minimum absolute atomic E-state index is 0.0100. The maximum absolute atomic E-state index is 13.2. The standard InChI is InChI=1S/C27H22N4O7S/c1-38-15-8-6-14(7-9-15)12-29-11-10-18-20(27(36)37)22(28-31-25(34)26(31)35)39-21(18)19(29)13-30-23(32)16-4-2-3-5-17(16)24(30)33/h2-9,19,28H,10-13H2,1H3,(H,36,37). The Hall–Kier alpha value is -4.55. The average molecular weight is 547 g/mol. The van der Waals surface area contributed by atoms with Crippen LogP contribution in [0.4, 0.5) is 5.00 Å². The Morgan fingerprint density at radius 2 is 1.67 bits per heavy atom. The van der Waals surface area contributed by atoms with Gasteiger partial charge in [-0.25, -0.2) is 4.79 Å². The summed E-state index contributed by atoms with van der Waals surface area (Å²) >= 11 is 1.11. The fourth-order valence-corrected chi connectivity index (χ4v) is 6.51. The molecule has 11 nitrogen and oxygen atoms in total. The molecular formula is C27H22N4O7S. The molecule has 1 unspecified atom stereocenters. The predicted octanol–water partition coefficient (Wildman–Crippen LogP) is 2.12. The Bertz CT molecular complexity index is 1650. The number of nitrogens with zero attached hydrogens (tertiary/aromatic N) is 3. The molecule has 4 heterocycles. The minimum atomic E-state index is -1.19. The molecule has 0 saturated carbocycles. The van der Waals surface area contributed by atoms with Crippen molar-refractivity contribution in [3.8, 4) is 5.75 Å². The molecule has 2 N–H and O–H groups in total. The largest absolute Gasteiger partial charge is 0.497 e. The van der Waals surface area contributed by atoms with E-state index < -0.39 is 34.9 Å². The number of aromatic carboxylic acids is 1. The molecule has 2 aromatic heterocycles. The molecule has 4 aromatic rings. The number of fused-ring (bicyclic) bond motifs is 2. The zero-order valence-electron chi connectivity index (χ0n) is 20.7. The van der Waals surface area contributed by atoms with E-state index in [1.165, 1.54) is 4.90 Å². The second kappa shape index (κ2) is 9.33. The van der Waals surface area contributed by atoms with Gasteiger partial charge in [-0.15, -0.1) is 11.3 Å². The zero-order valence-corrected chi connectivity index (χ0v) is 21.5. The number of benzene rings is 2. The number of carboxylic acid groups (broad SMARTS) is 1. The van der Waals surface area contributed by atoms with Crippen molar-refractivity contribution < 1.29 is 24.2 Å². The number of carbonyl (C=O) groups excluding carboxylic acids is 2. The van der Waals surface area contributed by atoms with E-state index in [-0.39, 0.29) is 17.1 Å². The summed E-state index contributed by atoms with van der Waals surface area (Å²) in [7, 11) is 1.58. The molecule has 1 atom stereocenters. The van der Waals surface area contributed by atoms with Gasteiger partial charge in [0, 0.05) is 24.5 Å². The number of carbonyl (C=O) groups is 3. The van der Waals surface area contributed by atoms with Crippen molar-refractivity contribution in [1.29, 1.82) is 0 Å². The van der Waals surface area contributed by atoms with E-state index in [4.69, 9.17) is 4.74 Å². The monoisotopic (exact) mass is 546 g/mol. The lowest BCUT2D eigenvalue weighted by molar-refractivity contribution is 0.0570. The van der Waals surface area contributed by atoms with Crippen LogP contribution in [0.3, 0.4) is 0 Å². The van der Waals surface area contributed by atoms with Crippen LogP contribution in [-0.2, 0) is 13.0 Å². The molecule has 0 spiro atoms. The number of methoxy groups -OCH3 is 1. The van der Waals surface area contributed by atoms with E-state index in [9.17, 15) is 29.1 Å². The van der Waals surface area contributed by atoms with Gasteiger partial charge in [0.2, 0.25) is 0 Å². The molecule has 0 bridgehead atoms. The van der Waals surface area contributed by atoms with Crippen LogP contribution in [0.5, 0.6) is 5.75 Å². The van der Waals surface area contributed by atoms with Crippen molar-refractivity contribution in [2.24, 2.45) is 0 Å². The molecule has 2 aromatic carbocycles. The molecular weight excluding hydrogens is 524 g/mol. The lowest BCUT2D eigenvalue weighted by atomic mass is 9.96. The third-order valence-corrected chi connectivity index (χ3v) is 8.41. The summed E-state index contributed by atoms with van der Waals surface area (Å²) < 4.78 is 6.01. The van der Waals surface area contributed by atoms with E-state index in [0.717, 1.165) is 21.6 Å². The molecule has 2 aliphatic heterocycles. The number of ether oxygens (including phenoxy) is 1. The summed E-state index contributed by atoms with van der Waals surface area (Å²) in [5.74, 6) is -1.29. The highest BCUT2D eigenvalue weighted by molar-refractivity contribution is 7.16. The Morgan fingerprint density at radius 1 is 1.03 bits per heavy atom. The van der Waals surface area contributed by atoms with Crippen molar-refractivity contribution in [2.75, 3.05) is 25.6 Å². The van der Waals surface area contributed by atoms with Crippen molar-refractivity contribution in [3.05, 3.63) is 102 Å². The molecule has 0 fully saturated rings. The second-order valence-corrected chi connectivity index (χ2v) is 10.4. The maximum Gasteiger partial charge on any atom is 0.340 e. The number of imide groups is 1. The third kappa shape index (κ3) is 4.14. The molecule has 6 rings (SSSR count). The van der Waals surface area contributed by atoms with Crippen molar-refractivity contribution in [1.82, 2.24) is 14.5 Å². The summed E-state index contributed by atoms with van der Waals surface area (Å²) in [5.41, 5.74) is 3.32. The lowest BCUT2D eigenvalue weighted by Gasteiger charge is -2.37. The third-order valence-electron chi connectivity index (χ3n) is 7.18. The van der Waals surface area contributed by atoms with Gasteiger partial charge in [0.25, 0.3) is 11.8 Å². The second-order valence-electron chi connectivity index (χ2n) is 9.36. The van der Waals surface area contributed by atoms with Crippen LogP contribution in [0.2, 0.25) is 0 Å². The molecule has 2 aliphatic rings. The van der Waals surface area contributed by atoms with Gasteiger partial charge in [-0.3, -0.25) is 34.4 Å². The summed E-state index contributed by atoms with van der Waals surface area (Å²) in [6.07, 6.45) is 0.395. The lowest BCUT2D eigenvalue weighted by Crippen LogP contribution is -2.43. The van der Waals surface area contributed by atoms with Crippen molar-refractivity contribution in [3.63, 3.8) is 0 Å². The van der Waals surface area contributed by atoms with E-state index in [1.54, 1.807) is 31.4 Å². The van der Waals surface area contributed by atoms with Gasteiger partial charge in [0.15, 0.2) is 0 Å². The molecule has 0 aliphatic carbocycles. The first-order chi connectivity index (χ1) is 18.8. The number of rotatable bonds is 8. The number of nitrogens with one attached hydrogen (secondary N) is 1. The van der Waals surface area contributed by atoms with Gasteiger partial charge in [0.1, 0.15) is 10.8 Å². The molecule has 12 heteroatoms. The summed E-state index contributed by atoms with van der Waals surface area (Å²) in [4.78, 5) is 65.9. The fraction of sp³-hybridized carbons (Fsp3) is 0.222. The number of aromatic nitrogens is 1. The normalized spacial score (nSPS) is 16.9. The average Bonchev–Trinajstić information content (AvgIpc) is 3.23. The minimum Gasteiger partial charge on any atom is -0.497 e. The number of hydrogen-bond acceptors (Lipinski definition) is 9. The molecule has 0 saturated heterocycles. The smallest absolute Gasteiger partial charge is 0.340 e. The number of anilines is 1. The first-order valence-electron chi connectivity index (χ1n) is 12.1. The van der Waals surface area contributed by atoms with Crippen molar-refractivity contribution in [2.45, 2.75) is 19.0 Å². The number of amides is 2. The maximum atomic E-state index is 13.2. The highest BCUT2D eigenvalue weighted by atomic mass is 32.1. The van der Waals surface area contributed by atoms with E-state index in [2.05, 4.69) is 10.3 Å². The molecule has 0 radical (unpaired) electrons. The topological polar surface area (TPSA) is 138 Å². The van der Waals surface area contributed by atoms with Crippen LogP contribution < -0.4 is 21.3 Å². The number of hydrogen-bond donors (Lipinski definition) is 2. The number of carboxylic acids is 1. The van der Waals surface area contributed by atoms with Crippen LogP contribution in [-0.4, -0.2) is 57.6 Å². The Kier molecular flexibility index (Phi) is 5.92. The van der Waals surface area contributed by atoms with E-state index in [1.807, 2.05) is 24.3 Å². The quantitative estimate of drug-likeness (QED) is 0.251. The van der Waals surface area contributed by atoms with Crippen LogP contribution in [0.1, 0.15) is 53.1 Å². The van der Waals surface area contributed by atoms with Gasteiger partial charge in [-0.2, -0.15) is 4.68 Å². The van der Waals surface area contributed by atoms with Gasteiger partial charge >= 0.3 is 17.1 Å².